The van der Waals surface area contributed by atoms with E-state index in [0.29, 0.717) is 0 Å². The normalized spacial score (nSPS) is 13.0. The molecule has 0 aromatic carbocycles. The van der Waals surface area contributed by atoms with Gasteiger partial charge >= 0.3 is 0 Å². The van der Waals surface area contributed by atoms with Crippen LogP contribution in [0.1, 0.15) is 23.1 Å². The summed E-state index contributed by atoms with van der Waals surface area (Å²) < 4.78 is 2.91. The zero-order valence-electron chi connectivity index (χ0n) is 9.14. The summed E-state index contributed by atoms with van der Waals surface area (Å²) in [5.41, 5.74) is 10.9. The molecule has 1 atom stereocenters. The number of aryl methyl sites for hydroxylation is 2. The van der Waals surface area contributed by atoms with Crippen LogP contribution in [0.2, 0.25) is 0 Å². The number of halogens is 1. The first kappa shape index (κ1) is 11.8. The molecule has 0 amide bonds. The van der Waals surface area contributed by atoms with Crippen LogP contribution in [0.5, 0.6) is 0 Å². The third-order valence-electron chi connectivity index (χ3n) is 2.51. The third kappa shape index (κ3) is 2.18. The van der Waals surface area contributed by atoms with Gasteiger partial charge in [0.15, 0.2) is 0 Å². The quantitative estimate of drug-likeness (QED) is 0.945. The third-order valence-corrected chi connectivity index (χ3v) is 4.14. The molecule has 4 nitrogen and oxygen atoms in total. The predicted molar refractivity (Wildman–Crippen MR) is 68.4 cm³/mol. The highest BCUT2D eigenvalue weighted by Gasteiger charge is 2.16. The van der Waals surface area contributed by atoms with Crippen LogP contribution >= 0.6 is 27.3 Å². The molecule has 2 rings (SSSR count). The molecule has 0 radical (unpaired) electrons. The number of rotatable bonds is 3. The van der Waals surface area contributed by atoms with E-state index in [9.17, 15) is 0 Å². The minimum Gasteiger partial charge on any atom is -0.322 e. The van der Waals surface area contributed by atoms with Crippen molar-refractivity contribution in [3.63, 3.8) is 0 Å². The van der Waals surface area contributed by atoms with Gasteiger partial charge in [-0.1, -0.05) is 0 Å². The van der Waals surface area contributed by atoms with Gasteiger partial charge in [-0.2, -0.15) is 5.10 Å². The van der Waals surface area contributed by atoms with Gasteiger partial charge in [0.1, 0.15) is 0 Å². The lowest BCUT2D eigenvalue weighted by atomic mass is 10.1. The fraction of sp³-hybridized carbons (Fsp3) is 0.400. The van der Waals surface area contributed by atoms with E-state index in [4.69, 9.17) is 5.73 Å². The predicted octanol–water partition coefficient (Wildman–Crippen LogP) is 2.19. The zero-order chi connectivity index (χ0) is 11.7. The molecular formula is C10H13BrN4S. The smallest absolute Gasteiger partial charge is 0.0795 e. The van der Waals surface area contributed by atoms with Crippen LogP contribution in [0.3, 0.4) is 0 Å². The second kappa shape index (κ2) is 4.65. The highest BCUT2D eigenvalue weighted by atomic mass is 79.9. The summed E-state index contributed by atoms with van der Waals surface area (Å²) in [6, 6.07) is -0.0719. The van der Waals surface area contributed by atoms with Crippen LogP contribution in [0.15, 0.2) is 15.4 Å². The Balaban J connectivity index is 2.21. The Morgan fingerprint density at radius 3 is 2.88 bits per heavy atom. The van der Waals surface area contributed by atoms with E-state index in [1.165, 1.54) is 0 Å². The zero-order valence-corrected chi connectivity index (χ0v) is 11.5. The fourth-order valence-corrected chi connectivity index (χ4v) is 2.74. The minimum absolute atomic E-state index is 0.0719. The summed E-state index contributed by atoms with van der Waals surface area (Å²) in [5.74, 6) is 0. The van der Waals surface area contributed by atoms with Crippen molar-refractivity contribution in [1.82, 2.24) is 14.8 Å². The first-order valence-corrected chi connectivity index (χ1v) is 6.64. The van der Waals surface area contributed by atoms with Gasteiger partial charge in [0.2, 0.25) is 0 Å². The Hall–Kier alpha value is -0.720. The van der Waals surface area contributed by atoms with E-state index in [1.54, 1.807) is 16.8 Å². The van der Waals surface area contributed by atoms with Crippen molar-refractivity contribution in [2.24, 2.45) is 12.8 Å². The van der Waals surface area contributed by atoms with Crippen LogP contribution < -0.4 is 5.73 Å². The minimum atomic E-state index is -0.0719. The lowest BCUT2D eigenvalue weighted by Crippen LogP contribution is -2.16. The van der Waals surface area contributed by atoms with E-state index < -0.39 is 0 Å². The van der Waals surface area contributed by atoms with Gasteiger partial charge in [0.25, 0.3) is 0 Å². The van der Waals surface area contributed by atoms with Gasteiger partial charge in [-0.25, -0.2) is 4.98 Å². The summed E-state index contributed by atoms with van der Waals surface area (Å²) in [4.78, 5) is 4.23. The number of nitrogens with zero attached hydrogens (tertiary/aromatic N) is 3. The van der Waals surface area contributed by atoms with Crippen LogP contribution in [-0.2, 0) is 13.5 Å². The molecular weight excluding hydrogens is 288 g/mol. The average Bonchev–Trinajstić information content (AvgIpc) is 2.83. The molecule has 86 valence electrons. The Morgan fingerprint density at radius 1 is 1.62 bits per heavy atom. The lowest BCUT2D eigenvalue weighted by Gasteiger charge is -2.09. The van der Waals surface area contributed by atoms with Gasteiger partial charge in [-0.3, -0.25) is 4.68 Å². The second-order valence-electron chi connectivity index (χ2n) is 3.69. The van der Waals surface area contributed by atoms with E-state index >= 15 is 0 Å². The Morgan fingerprint density at radius 2 is 2.38 bits per heavy atom. The summed E-state index contributed by atoms with van der Waals surface area (Å²) in [6.45, 7) is 1.97. The molecule has 6 heteroatoms. The van der Waals surface area contributed by atoms with Crippen molar-refractivity contribution in [3.05, 3.63) is 32.4 Å². The average molecular weight is 301 g/mol. The van der Waals surface area contributed by atoms with Gasteiger partial charge in [0, 0.05) is 18.8 Å². The first-order valence-electron chi connectivity index (χ1n) is 4.91. The number of thiazole rings is 1. The molecule has 0 aliphatic rings. The van der Waals surface area contributed by atoms with Crippen molar-refractivity contribution in [2.75, 3.05) is 0 Å². The monoisotopic (exact) mass is 300 g/mol. The molecule has 0 saturated heterocycles. The first-order chi connectivity index (χ1) is 7.59. The van der Waals surface area contributed by atoms with Crippen molar-refractivity contribution in [1.29, 1.82) is 0 Å². The molecule has 1 unspecified atom stereocenters. The topological polar surface area (TPSA) is 56.7 Å². The molecule has 2 N–H and O–H groups in total. The SMILES string of the molecule is Cc1nn(C)c(CC(N)c2cscn2)c1Br. The number of aromatic nitrogens is 3. The van der Waals surface area contributed by atoms with Gasteiger partial charge in [-0.05, 0) is 22.9 Å². The van der Waals surface area contributed by atoms with Crippen molar-refractivity contribution >= 4 is 27.3 Å². The molecule has 0 aliphatic heterocycles. The van der Waals surface area contributed by atoms with Crippen LogP contribution in [0.4, 0.5) is 0 Å². The maximum absolute atomic E-state index is 6.10. The molecule has 2 aromatic rings. The summed E-state index contributed by atoms with van der Waals surface area (Å²) in [5, 5.41) is 6.33. The standard InChI is InChI=1S/C10H13BrN4S/c1-6-10(11)9(15(2)14-6)3-7(12)8-4-16-5-13-8/h4-5,7H,3,12H2,1-2H3. The number of hydrogen-bond acceptors (Lipinski definition) is 4. The van der Waals surface area contributed by atoms with Gasteiger partial charge < -0.3 is 5.73 Å². The highest BCUT2D eigenvalue weighted by Crippen LogP contribution is 2.24. The second-order valence-corrected chi connectivity index (χ2v) is 5.21. The Bertz CT molecular complexity index is 477. The molecule has 0 spiro atoms. The summed E-state index contributed by atoms with van der Waals surface area (Å²) in [6.07, 6.45) is 0.738. The van der Waals surface area contributed by atoms with E-state index in [0.717, 1.165) is 28.0 Å². The summed E-state index contributed by atoms with van der Waals surface area (Å²) >= 11 is 5.10. The number of hydrogen-bond donors (Lipinski definition) is 1. The Kier molecular flexibility index (Phi) is 3.41. The largest absolute Gasteiger partial charge is 0.322 e. The van der Waals surface area contributed by atoms with E-state index in [1.807, 2.05) is 24.0 Å². The molecule has 0 bridgehead atoms. The van der Waals surface area contributed by atoms with Crippen molar-refractivity contribution in [2.45, 2.75) is 19.4 Å². The summed E-state index contributed by atoms with van der Waals surface area (Å²) in [7, 11) is 1.93. The molecule has 2 heterocycles. The number of nitrogens with two attached hydrogens (primary N) is 1. The van der Waals surface area contributed by atoms with Crippen molar-refractivity contribution < 1.29 is 0 Å². The van der Waals surface area contributed by atoms with E-state index in [2.05, 4.69) is 26.0 Å². The molecule has 0 saturated carbocycles. The maximum atomic E-state index is 6.10. The van der Waals surface area contributed by atoms with Crippen molar-refractivity contribution in [3.8, 4) is 0 Å². The van der Waals surface area contributed by atoms with E-state index in [-0.39, 0.29) is 6.04 Å². The van der Waals surface area contributed by atoms with Crippen LogP contribution in [0, 0.1) is 6.92 Å². The molecule has 0 fully saturated rings. The molecule has 16 heavy (non-hydrogen) atoms. The lowest BCUT2D eigenvalue weighted by molar-refractivity contribution is 0.629. The maximum Gasteiger partial charge on any atom is 0.0795 e. The van der Waals surface area contributed by atoms with Gasteiger partial charge in [-0.15, -0.1) is 11.3 Å². The molecule has 2 aromatic heterocycles. The molecule has 0 aliphatic carbocycles. The van der Waals surface area contributed by atoms with Crippen LogP contribution in [0.25, 0.3) is 0 Å². The fourth-order valence-electron chi connectivity index (χ4n) is 1.62. The highest BCUT2D eigenvalue weighted by molar-refractivity contribution is 9.10. The van der Waals surface area contributed by atoms with Crippen LogP contribution in [-0.4, -0.2) is 14.8 Å². The Labute approximate surface area is 107 Å². The van der Waals surface area contributed by atoms with Gasteiger partial charge in [0.05, 0.1) is 33.1 Å².